The van der Waals surface area contributed by atoms with E-state index in [1.54, 1.807) is 18.4 Å². The smallest absolute Gasteiger partial charge is 0.404 e. The van der Waals surface area contributed by atoms with Crippen LogP contribution in [0.15, 0.2) is 29.2 Å². The van der Waals surface area contributed by atoms with E-state index in [2.05, 4.69) is 12.6 Å². The van der Waals surface area contributed by atoms with E-state index in [4.69, 9.17) is 9.31 Å². The molecule has 0 aromatic heterocycles. The van der Waals surface area contributed by atoms with Gasteiger partial charge in [0.1, 0.15) is 0 Å². The van der Waals surface area contributed by atoms with Gasteiger partial charge in [0.25, 0.3) is 10.0 Å². The highest BCUT2D eigenvalue weighted by molar-refractivity contribution is 7.90. The molecule has 24 heavy (non-hydrogen) atoms. The fourth-order valence-corrected chi connectivity index (χ4v) is 2.84. The number of amides is 1. The van der Waals surface area contributed by atoms with Crippen LogP contribution in [0, 0.1) is 0 Å². The Morgan fingerprint density at radius 3 is 2.08 bits per heavy atom. The molecule has 136 valence electrons. The van der Waals surface area contributed by atoms with Crippen LogP contribution in [0.1, 0.15) is 34.6 Å². The molecule has 0 spiro atoms. The Labute approximate surface area is 150 Å². The average molecular weight is 375 g/mol. The number of carbonyl (C=O) groups excluding carboxylic acids is 1. The van der Waals surface area contributed by atoms with Crippen molar-refractivity contribution in [2.24, 2.45) is 0 Å². The summed E-state index contributed by atoms with van der Waals surface area (Å²) in [5.74, 6) is -0.627. The minimum absolute atomic E-state index is 0.0220. The van der Waals surface area contributed by atoms with Gasteiger partial charge in [-0.15, -0.1) is 0 Å². The van der Waals surface area contributed by atoms with Crippen molar-refractivity contribution in [3.05, 3.63) is 24.3 Å². The number of benzene rings is 1. The minimum Gasteiger partial charge on any atom is -0.404 e. The van der Waals surface area contributed by atoms with E-state index in [1.165, 1.54) is 12.1 Å². The topological polar surface area (TPSA) is 81.7 Å². The first-order valence-electron chi connectivity index (χ1n) is 7.57. The first-order chi connectivity index (χ1) is 11.2. The standard InChI is InChI=1S/C12H16BNO5S.C2H6.CH4S/c1-9(15)14-20(16,17)11-6-4-10(5-7-11)13-18-8-12(2,3)19-13;2*1-2/h4-7H,8H2,1-3H3,(H,14,15);1-2H3;2H,1H3. The number of thiol groups is 1. The zero-order chi connectivity index (χ0) is 19.0. The van der Waals surface area contributed by atoms with Crippen LogP contribution < -0.4 is 10.2 Å². The Hall–Kier alpha value is -1.03. The van der Waals surface area contributed by atoms with Crippen molar-refractivity contribution in [2.75, 3.05) is 12.9 Å². The molecule has 0 saturated carbocycles. The molecule has 1 saturated heterocycles. The van der Waals surface area contributed by atoms with Crippen molar-refractivity contribution in [3.8, 4) is 0 Å². The lowest BCUT2D eigenvalue weighted by molar-refractivity contribution is -0.117. The van der Waals surface area contributed by atoms with E-state index in [-0.39, 0.29) is 10.5 Å². The lowest BCUT2D eigenvalue weighted by Crippen LogP contribution is -2.35. The van der Waals surface area contributed by atoms with Gasteiger partial charge in [0.05, 0.1) is 17.1 Å². The second kappa shape index (κ2) is 10.1. The first-order valence-corrected chi connectivity index (χ1v) is 9.95. The minimum atomic E-state index is -3.80. The predicted octanol–water partition coefficient (Wildman–Crippen LogP) is 1.60. The SMILES string of the molecule is CC.CC(=O)NS(=O)(=O)c1ccc(B2OCC(C)(C)O2)cc1.CS. The van der Waals surface area contributed by atoms with Crippen LogP contribution in [0.4, 0.5) is 0 Å². The normalized spacial score (nSPS) is 15.5. The second-order valence-corrected chi connectivity index (χ2v) is 6.93. The number of hydrogen-bond acceptors (Lipinski definition) is 6. The molecule has 2 rings (SSSR count). The van der Waals surface area contributed by atoms with Crippen LogP contribution in [0.2, 0.25) is 0 Å². The summed E-state index contributed by atoms with van der Waals surface area (Å²) in [6, 6.07) is 6.05. The van der Waals surface area contributed by atoms with E-state index in [0.29, 0.717) is 6.61 Å². The number of nitrogens with one attached hydrogen (secondary N) is 1. The molecular formula is C15H26BNO5S2. The monoisotopic (exact) mass is 375 g/mol. The van der Waals surface area contributed by atoms with Gasteiger partial charge in [-0.25, -0.2) is 13.1 Å². The van der Waals surface area contributed by atoms with Gasteiger partial charge in [-0.05, 0) is 37.7 Å². The second-order valence-electron chi connectivity index (χ2n) is 5.25. The molecule has 0 aliphatic carbocycles. The van der Waals surface area contributed by atoms with Gasteiger partial charge in [0.2, 0.25) is 5.91 Å². The van der Waals surface area contributed by atoms with Crippen LogP contribution in [-0.2, 0) is 24.1 Å². The summed E-state index contributed by atoms with van der Waals surface area (Å²) in [4.78, 5) is 10.9. The quantitative estimate of drug-likeness (QED) is 0.620. The Balaban J connectivity index is 0.00000123. The zero-order valence-corrected chi connectivity index (χ0v) is 16.7. The van der Waals surface area contributed by atoms with Crippen molar-refractivity contribution >= 4 is 41.1 Å². The van der Waals surface area contributed by atoms with Crippen LogP contribution in [0.3, 0.4) is 0 Å². The Morgan fingerprint density at radius 2 is 1.71 bits per heavy atom. The molecular weight excluding hydrogens is 349 g/mol. The van der Waals surface area contributed by atoms with Crippen LogP contribution in [-0.4, -0.2) is 39.9 Å². The summed E-state index contributed by atoms with van der Waals surface area (Å²) < 4.78 is 36.7. The maximum Gasteiger partial charge on any atom is 0.494 e. The van der Waals surface area contributed by atoms with Gasteiger partial charge in [-0.2, -0.15) is 12.6 Å². The third kappa shape index (κ3) is 6.84. The average Bonchev–Trinajstić information content (AvgIpc) is 2.90. The van der Waals surface area contributed by atoms with Gasteiger partial charge in [0.15, 0.2) is 0 Å². The zero-order valence-electron chi connectivity index (χ0n) is 15.0. The first kappa shape index (κ1) is 23.0. The molecule has 1 N–H and O–H groups in total. The fourth-order valence-electron chi connectivity index (χ4n) is 1.85. The summed E-state index contributed by atoms with van der Waals surface area (Å²) in [7, 11) is -4.30. The highest BCUT2D eigenvalue weighted by Crippen LogP contribution is 2.19. The summed E-state index contributed by atoms with van der Waals surface area (Å²) in [6.45, 7) is 9.46. The molecule has 1 aromatic rings. The highest BCUT2D eigenvalue weighted by atomic mass is 32.2. The summed E-state index contributed by atoms with van der Waals surface area (Å²) in [6.07, 6.45) is 1.69. The summed E-state index contributed by atoms with van der Waals surface area (Å²) >= 11 is 3.53. The van der Waals surface area contributed by atoms with Crippen molar-refractivity contribution in [2.45, 2.75) is 45.1 Å². The molecule has 0 radical (unpaired) electrons. The molecule has 1 aromatic carbocycles. The lowest BCUT2D eigenvalue weighted by atomic mass is 9.79. The lowest BCUT2D eigenvalue weighted by Gasteiger charge is -2.15. The third-order valence-corrected chi connectivity index (χ3v) is 4.20. The van der Waals surface area contributed by atoms with Crippen molar-refractivity contribution in [1.29, 1.82) is 0 Å². The van der Waals surface area contributed by atoms with E-state index in [9.17, 15) is 13.2 Å². The summed E-state index contributed by atoms with van der Waals surface area (Å²) in [5, 5.41) is 0. The Bertz CT molecular complexity index is 617. The molecule has 0 atom stereocenters. The molecule has 1 aliphatic heterocycles. The Kier molecular flexibility index (Phi) is 9.65. The van der Waals surface area contributed by atoms with Gasteiger partial charge >= 0.3 is 7.12 Å². The van der Waals surface area contributed by atoms with E-state index in [0.717, 1.165) is 12.4 Å². The molecule has 1 aliphatic rings. The molecule has 9 heteroatoms. The van der Waals surface area contributed by atoms with Gasteiger partial charge < -0.3 is 9.31 Å². The highest BCUT2D eigenvalue weighted by Gasteiger charge is 2.38. The largest absolute Gasteiger partial charge is 0.494 e. The van der Waals surface area contributed by atoms with Crippen molar-refractivity contribution in [3.63, 3.8) is 0 Å². The fraction of sp³-hybridized carbons (Fsp3) is 0.533. The van der Waals surface area contributed by atoms with E-state index < -0.39 is 23.0 Å². The van der Waals surface area contributed by atoms with Gasteiger partial charge in [-0.3, -0.25) is 4.79 Å². The maximum absolute atomic E-state index is 11.8. The number of sulfonamides is 1. The molecule has 0 unspecified atom stereocenters. The number of hydrogen-bond donors (Lipinski definition) is 2. The number of rotatable bonds is 3. The van der Waals surface area contributed by atoms with Crippen LogP contribution in [0.5, 0.6) is 0 Å². The van der Waals surface area contributed by atoms with Crippen molar-refractivity contribution < 1.29 is 22.5 Å². The Morgan fingerprint density at radius 1 is 1.21 bits per heavy atom. The van der Waals surface area contributed by atoms with Crippen molar-refractivity contribution in [1.82, 2.24) is 4.72 Å². The van der Waals surface area contributed by atoms with Crippen LogP contribution in [0.25, 0.3) is 0 Å². The molecule has 1 fully saturated rings. The van der Waals surface area contributed by atoms with Crippen LogP contribution >= 0.6 is 12.6 Å². The third-order valence-electron chi connectivity index (χ3n) is 2.75. The predicted molar refractivity (Wildman–Crippen MR) is 100 cm³/mol. The van der Waals surface area contributed by atoms with E-state index in [1.807, 2.05) is 32.4 Å². The molecule has 6 nitrogen and oxygen atoms in total. The van der Waals surface area contributed by atoms with E-state index >= 15 is 0 Å². The van der Waals surface area contributed by atoms with Gasteiger partial charge in [0, 0.05) is 6.92 Å². The van der Waals surface area contributed by atoms with Gasteiger partial charge in [-0.1, -0.05) is 26.0 Å². The number of carbonyl (C=O) groups is 1. The summed E-state index contributed by atoms with van der Waals surface area (Å²) in [5.41, 5.74) is 0.378. The molecule has 1 heterocycles. The maximum atomic E-state index is 11.8. The molecule has 1 amide bonds. The molecule has 0 bridgehead atoms.